The van der Waals surface area contributed by atoms with E-state index >= 15 is 0 Å². The molecular formula is C24H28ClN5O3S2. The number of benzene rings is 1. The number of halogens is 1. The number of aromatic nitrogens is 2. The first-order valence-corrected chi connectivity index (χ1v) is 13.2. The van der Waals surface area contributed by atoms with Gasteiger partial charge in [0.1, 0.15) is 12.4 Å². The summed E-state index contributed by atoms with van der Waals surface area (Å²) in [7, 11) is 0. The molecule has 2 N–H and O–H groups in total. The van der Waals surface area contributed by atoms with Gasteiger partial charge in [0.2, 0.25) is 0 Å². The minimum Gasteiger partial charge on any atom is -0.370 e. The number of hydrogen-bond acceptors (Lipinski definition) is 7. The van der Waals surface area contributed by atoms with E-state index in [2.05, 4.69) is 23.3 Å². The number of amides is 2. The Kier molecular flexibility index (Phi) is 8.85. The van der Waals surface area contributed by atoms with Crippen LogP contribution in [0.25, 0.3) is 5.69 Å². The van der Waals surface area contributed by atoms with Crippen molar-refractivity contribution in [2.45, 2.75) is 26.4 Å². The smallest absolute Gasteiger partial charge is 0.261 e. The number of carbonyl (C=O) groups excluding carboxylic acids is 2. The maximum atomic E-state index is 12.4. The number of ether oxygens (including phenoxy) is 1. The van der Waals surface area contributed by atoms with Crippen molar-refractivity contribution in [3.63, 3.8) is 0 Å². The largest absolute Gasteiger partial charge is 0.370 e. The number of morpholine rings is 1. The Morgan fingerprint density at radius 1 is 1.29 bits per heavy atom. The second-order valence-corrected chi connectivity index (χ2v) is 10.3. The van der Waals surface area contributed by atoms with Crippen LogP contribution in [0.5, 0.6) is 0 Å². The molecule has 0 bridgehead atoms. The van der Waals surface area contributed by atoms with Crippen molar-refractivity contribution in [1.82, 2.24) is 20.2 Å². The lowest BCUT2D eigenvalue weighted by Crippen LogP contribution is -2.42. The molecule has 0 aliphatic carbocycles. The number of anilines is 1. The number of thiophene rings is 1. The van der Waals surface area contributed by atoms with Crippen LogP contribution in [0.4, 0.5) is 5.69 Å². The number of nitrogens with zero attached hydrogens (tertiary/aromatic N) is 3. The molecule has 1 saturated heterocycles. The molecular weight excluding hydrogens is 506 g/mol. The van der Waals surface area contributed by atoms with E-state index < -0.39 is 0 Å². The molecule has 0 saturated carbocycles. The molecule has 35 heavy (non-hydrogen) atoms. The van der Waals surface area contributed by atoms with Crippen LogP contribution in [-0.2, 0) is 22.6 Å². The van der Waals surface area contributed by atoms with Gasteiger partial charge in [-0.05, 0) is 61.5 Å². The number of thiol groups is 1. The summed E-state index contributed by atoms with van der Waals surface area (Å²) < 4.78 is 7.86. The van der Waals surface area contributed by atoms with E-state index in [1.807, 2.05) is 35.9 Å². The molecule has 1 aromatic carbocycles. The summed E-state index contributed by atoms with van der Waals surface area (Å²) in [5.74, 6) is 1.43. The zero-order chi connectivity index (χ0) is 24.8. The monoisotopic (exact) mass is 533 g/mol. The maximum Gasteiger partial charge on any atom is 0.261 e. The second kappa shape index (κ2) is 12.0. The standard InChI is InChI=1S/C24H28ClN5O3S2/c1-16-11-18(3-4-19(16)29-8-9-33-15-23(29)31)30-14-17(28-22(30)13-26-7-2-10-34)12-27-24(32)20-5-6-21(25)35-20/h3-6,11,14,26,34H,2,7-10,12-13,15H2,1H3,(H,27,32). The molecule has 3 aromatic rings. The first kappa shape index (κ1) is 25.7. The summed E-state index contributed by atoms with van der Waals surface area (Å²) in [6.45, 7) is 4.88. The molecule has 2 amide bonds. The van der Waals surface area contributed by atoms with Gasteiger partial charge >= 0.3 is 0 Å². The van der Waals surface area contributed by atoms with Crippen molar-refractivity contribution in [2.24, 2.45) is 0 Å². The third-order valence-corrected chi connectivity index (χ3v) is 7.13. The lowest BCUT2D eigenvalue weighted by Gasteiger charge is -2.28. The zero-order valence-electron chi connectivity index (χ0n) is 19.4. The van der Waals surface area contributed by atoms with Gasteiger partial charge in [0.15, 0.2) is 0 Å². The average molecular weight is 534 g/mol. The first-order valence-electron chi connectivity index (χ1n) is 11.4. The first-order chi connectivity index (χ1) is 17.0. The van der Waals surface area contributed by atoms with Crippen LogP contribution in [0.15, 0.2) is 36.5 Å². The molecule has 8 nitrogen and oxygen atoms in total. The van der Waals surface area contributed by atoms with Crippen molar-refractivity contribution in [2.75, 3.05) is 37.0 Å². The van der Waals surface area contributed by atoms with Gasteiger partial charge in [-0.2, -0.15) is 12.6 Å². The molecule has 2 aromatic heterocycles. The Labute approximate surface area is 219 Å². The third kappa shape index (κ3) is 6.45. The van der Waals surface area contributed by atoms with Crippen molar-refractivity contribution in [3.8, 4) is 5.69 Å². The average Bonchev–Trinajstić information content (AvgIpc) is 3.47. The lowest BCUT2D eigenvalue weighted by molar-refractivity contribution is -0.125. The van der Waals surface area contributed by atoms with E-state index in [9.17, 15) is 9.59 Å². The second-order valence-electron chi connectivity index (χ2n) is 8.13. The van der Waals surface area contributed by atoms with Crippen molar-refractivity contribution >= 4 is 53.1 Å². The Morgan fingerprint density at radius 2 is 2.14 bits per heavy atom. The van der Waals surface area contributed by atoms with Crippen LogP contribution in [-0.4, -0.2) is 53.4 Å². The number of nitrogens with one attached hydrogen (secondary N) is 2. The minimum absolute atomic E-state index is 0.0335. The summed E-state index contributed by atoms with van der Waals surface area (Å²) in [5, 5.41) is 6.32. The Morgan fingerprint density at radius 3 is 2.86 bits per heavy atom. The van der Waals surface area contributed by atoms with Crippen molar-refractivity contribution < 1.29 is 14.3 Å². The topological polar surface area (TPSA) is 88.5 Å². The van der Waals surface area contributed by atoms with Crippen LogP contribution >= 0.6 is 35.6 Å². The number of carbonyl (C=O) groups is 2. The Hall–Kier alpha value is -2.37. The fourth-order valence-electron chi connectivity index (χ4n) is 3.87. The zero-order valence-corrected chi connectivity index (χ0v) is 21.9. The van der Waals surface area contributed by atoms with Crippen LogP contribution in [0.3, 0.4) is 0 Å². The quantitative estimate of drug-likeness (QED) is 0.274. The molecule has 1 aliphatic rings. The van der Waals surface area contributed by atoms with Crippen LogP contribution in [0.2, 0.25) is 4.34 Å². The molecule has 3 heterocycles. The van der Waals surface area contributed by atoms with Crippen LogP contribution in [0, 0.1) is 6.92 Å². The number of hydrogen-bond donors (Lipinski definition) is 3. The van der Waals surface area contributed by atoms with Crippen LogP contribution < -0.4 is 15.5 Å². The molecule has 0 unspecified atom stereocenters. The molecule has 11 heteroatoms. The Balaban J connectivity index is 1.54. The highest BCUT2D eigenvalue weighted by molar-refractivity contribution is 7.80. The van der Waals surface area contributed by atoms with Gasteiger partial charge in [0.05, 0.1) is 34.6 Å². The van der Waals surface area contributed by atoms with E-state index in [4.69, 9.17) is 21.3 Å². The van der Waals surface area contributed by atoms with Gasteiger partial charge in [-0.25, -0.2) is 4.98 Å². The van der Waals surface area contributed by atoms with Gasteiger partial charge in [-0.15, -0.1) is 11.3 Å². The fraction of sp³-hybridized carbons (Fsp3) is 0.375. The van der Waals surface area contributed by atoms with Crippen LogP contribution in [0.1, 0.15) is 33.2 Å². The predicted octanol–water partition coefficient (Wildman–Crippen LogP) is 3.60. The molecule has 0 radical (unpaired) electrons. The fourth-order valence-corrected chi connectivity index (χ4v) is 4.99. The number of rotatable bonds is 10. The van der Waals surface area contributed by atoms with Gasteiger partial charge in [0, 0.05) is 24.1 Å². The molecule has 4 rings (SSSR count). The molecule has 186 valence electrons. The van der Waals surface area contributed by atoms with E-state index in [1.165, 1.54) is 11.3 Å². The SMILES string of the molecule is Cc1cc(-n2cc(CNC(=O)c3ccc(Cl)s3)nc2CNCCCS)ccc1N1CCOCC1=O. The lowest BCUT2D eigenvalue weighted by atomic mass is 10.1. The molecule has 0 spiro atoms. The maximum absolute atomic E-state index is 12.4. The van der Waals surface area contributed by atoms with Gasteiger partial charge in [0.25, 0.3) is 11.8 Å². The predicted molar refractivity (Wildman–Crippen MR) is 142 cm³/mol. The highest BCUT2D eigenvalue weighted by Gasteiger charge is 2.22. The van der Waals surface area contributed by atoms with Crippen molar-refractivity contribution in [1.29, 1.82) is 0 Å². The summed E-state index contributed by atoms with van der Waals surface area (Å²) in [4.78, 5) is 31.8. The molecule has 1 fully saturated rings. The van der Waals surface area contributed by atoms with Gasteiger partial charge in [-0.1, -0.05) is 11.6 Å². The van der Waals surface area contributed by atoms with E-state index in [-0.39, 0.29) is 18.4 Å². The molecule has 1 aliphatic heterocycles. The minimum atomic E-state index is -0.180. The van der Waals surface area contributed by atoms with Gasteiger partial charge in [-0.3, -0.25) is 9.59 Å². The normalized spacial score (nSPS) is 13.9. The highest BCUT2D eigenvalue weighted by atomic mass is 35.5. The van der Waals surface area contributed by atoms with E-state index in [0.29, 0.717) is 35.5 Å². The van der Waals surface area contributed by atoms with Gasteiger partial charge < -0.3 is 24.8 Å². The highest BCUT2D eigenvalue weighted by Crippen LogP contribution is 2.26. The summed E-state index contributed by atoms with van der Waals surface area (Å²) in [6, 6.07) is 9.42. The van der Waals surface area contributed by atoms with E-state index in [0.717, 1.165) is 47.2 Å². The van der Waals surface area contributed by atoms with Crippen molar-refractivity contribution in [3.05, 3.63) is 62.8 Å². The Bertz CT molecular complexity index is 1200. The summed E-state index contributed by atoms with van der Waals surface area (Å²) >= 11 is 11.5. The molecule has 0 atom stereocenters. The third-order valence-electron chi connectivity index (χ3n) is 5.59. The van der Waals surface area contributed by atoms with E-state index in [1.54, 1.807) is 17.0 Å². The summed E-state index contributed by atoms with van der Waals surface area (Å²) in [6.07, 6.45) is 2.89. The number of aryl methyl sites for hydroxylation is 1. The summed E-state index contributed by atoms with van der Waals surface area (Å²) in [5.41, 5.74) is 3.56. The number of imidazole rings is 1.